The van der Waals surface area contributed by atoms with Crippen molar-refractivity contribution in [3.63, 3.8) is 0 Å². The van der Waals surface area contributed by atoms with Crippen molar-refractivity contribution in [1.29, 1.82) is 0 Å². The van der Waals surface area contributed by atoms with Gasteiger partial charge in [-0.15, -0.1) is 0 Å². The van der Waals surface area contributed by atoms with Gasteiger partial charge in [-0.2, -0.15) is 0 Å². The zero-order valence-electron chi connectivity index (χ0n) is 10.8. The third-order valence-corrected chi connectivity index (χ3v) is 3.13. The number of rotatable bonds is 5. The lowest BCUT2D eigenvalue weighted by molar-refractivity contribution is 0.475. The van der Waals surface area contributed by atoms with Crippen molar-refractivity contribution in [3.05, 3.63) is 59.4 Å². The molecule has 104 valence electrons. The molecule has 3 nitrogen and oxygen atoms in total. The number of anilines is 1. The number of phenols is 1. The number of benzene rings is 2. The molecule has 2 aromatic rings. The van der Waals surface area contributed by atoms with E-state index < -0.39 is 5.82 Å². The molecule has 0 aromatic heterocycles. The normalized spacial score (nSPS) is 10.2. The second kappa shape index (κ2) is 6.34. The molecule has 4 N–H and O–H groups in total. The van der Waals surface area contributed by atoms with Crippen LogP contribution in [0.25, 0.3) is 0 Å². The molecule has 0 bridgehead atoms. The van der Waals surface area contributed by atoms with Crippen LogP contribution in [0.2, 0.25) is 0 Å². The van der Waals surface area contributed by atoms with Gasteiger partial charge in [-0.3, -0.25) is 0 Å². The first kappa shape index (κ1) is 14.3. The Balaban J connectivity index is 1.92. The molecule has 5 heteroatoms. The second-order valence-corrected chi connectivity index (χ2v) is 4.84. The lowest BCUT2D eigenvalue weighted by atomic mass is 10.1. The highest BCUT2D eigenvalue weighted by atomic mass is 32.1. The Kier molecular flexibility index (Phi) is 4.53. The highest BCUT2D eigenvalue weighted by molar-refractivity contribution is 7.80. The number of hydrogen-bond donors (Lipinski definition) is 3. The van der Waals surface area contributed by atoms with Crippen LogP contribution in [-0.4, -0.2) is 16.6 Å². The predicted octanol–water partition coefficient (Wildman–Crippen LogP) is 2.82. The average molecular weight is 290 g/mol. The van der Waals surface area contributed by atoms with Crippen molar-refractivity contribution in [2.24, 2.45) is 5.73 Å². The van der Waals surface area contributed by atoms with Gasteiger partial charge in [0.25, 0.3) is 0 Å². The standard InChI is InChI=1S/C15H15FN2OS/c16-14-9-11(3-6-13(14)15(17)20)18-8-7-10-1-4-12(19)5-2-10/h1-6,9,18-19H,7-8H2,(H2,17,20). The van der Waals surface area contributed by atoms with Crippen LogP contribution < -0.4 is 11.1 Å². The van der Waals surface area contributed by atoms with E-state index in [1.807, 2.05) is 12.1 Å². The maximum Gasteiger partial charge on any atom is 0.135 e. The summed E-state index contributed by atoms with van der Waals surface area (Å²) in [5.41, 5.74) is 7.43. The molecule has 0 aliphatic heterocycles. The van der Waals surface area contributed by atoms with Gasteiger partial charge >= 0.3 is 0 Å². The molecule has 0 amide bonds. The van der Waals surface area contributed by atoms with Crippen LogP contribution in [-0.2, 0) is 6.42 Å². The second-order valence-electron chi connectivity index (χ2n) is 4.40. The fourth-order valence-electron chi connectivity index (χ4n) is 1.84. The fourth-order valence-corrected chi connectivity index (χ4v) is 2.00. The molecule has 0 fully saturated rings. The molecular weight excluding hydrogens is 275 g/mol. The van der Waals surface area contributed by atoms with Gasteiger partial charge in [-0.25, -0.2) is 4.39 Å². The Morgan fingerprint density at radius 1 is 1.20 bits per heavy atom. The van der Waals surface area contributed by atoms with Crippen LogP contribution in [0.3, 0.4) is 0 Å². The molecule has 0 aliphatic rings. The minimum Gasteiger partial charge on any atom is -0.508 e. The summed E-state index contributed by atoms with van der Waals surface area (Å²) in [5, 5.41) is 12.3. The average Bonchev–Trinajstić information content (AvgIpc) is 2.41. The molecular formula is C15H15FN2OS. The van der Waals surface area contributed by atoms with Crippen LogP contribution >= 0.6 is 12.2 Å². The predicted molar refractivity (Wildman–Crippen MR) is 82.6 cm³/mol. The highest BCUT2D eigenvalue weighted by Crippen LogP contribution is 2.15. The number of phenolic OH excluding ortho intramolecular Hbond substituents is 1. The van der Waals surface area contributed by atoms with E-state index >= 15 is 0 Å². The Morgan fingerprint density at radius 3 is 2.50 bits per heavy atom. The van der Waals surface area contributed by atoms with Crippen molar-refractivity contribution in [2.75, 3.05) is 11.9 Å². The van der Waals surface area contributed by atoms with Crippen molar-refractivity contribution < 1.29 is 9.50 Å². The van der Waals surface area contributed by atoms with E-state index in [9.17, 15) is 9.50 Å². The van der Waals surface area contributed by atoms with Crippen molar-refractivity contribution >= 4 is 22.9 Å². The topological polar surface area (TPSA) is 58.3 Å². The van der Waals surface area contributed by atoms with Crippen LogP contribution in [0.15, 0.2) is 42.5 Å². The van der Waals surface area contributed by atoms with Crippen molar-refractivity contribution in [2.45, 2.75) is 6.42 Å². The van der Waals surface area contributed by atoms with E-state index in [0.29, 0.717) is 12.2 Å². The largest absolute Gasteiger partial charge is 0.508 e. The molecule has 0 aliphatic carbocycles. The molecule has 2 aromatic carbocycles. The van der Waals surface area contributed by atoms with Gasteiger partial charge in [0, 0.05) is 17.8 Å². The van der Waals surface area contributed by atoms with E-state index in [4.69, 9.17) is 18.0 Å². The number of aromatic hydroxyl groups is 1. The van der Waals surface area contributed by atoms with Crippen LogP contribution in [0.5, 0.6) is 5.75 Å². The van der Waals surface area contributed by atoms with Crippen molar-refractivity contribution in [3.8, 4) is 5.75 Å². The van der Waals surface area contributed by atoms with Crippen LogP contribution in [0.1, 0.15) is 11.1 Å². The minimum absolute atomic E-state index is 0.0538. The van der Waals surface area contributed by atoms with Crippen LogP contribution in [0.4, 0.5) is 10.1 Å². The van der Waals surface area contributed by atoms with Gasteiger partial charge in [0.15, 0.2) is 0 Å². The molecule has 0 heterocycles. The van der Waals surface area contributed by atoms with E-state index in [-0.39, 0.29) is 16.3 Å². The summed E-state index contributed by atoms with van der Waals surface area (Å²) in [4.78, 5) is 0.0538. The molecule has 2 rings (SSSR count). The summed E-state index contributed by atoms with van der Waals surface area (Å²) in [6.07, 6.45) is 0.777. The summed E-state index contributed by atoms with van der Waals surface area (Å²) < 4.78 is 13.7. The Bertz CT molecular complexity index is 614. The first-order chi connectivity index (χ1) is 9.56. The Morgan fingerprint density at radius 2 is 1.90 bits per heavy atom. The molecule has 0 saturated heterocycles. The maximum absolute atomic E-state index is 13.7. The van der Waals surface area contributed by atoms with Gasteiger partial charge in [-0.1, -0.05) is 24.4 Å². The Labute approximate surface area is 122 Å². The number of thiocarbonyl (C=S) groups is 1. The zero-order chi connectivity index (χ0) is 14.5. The summed E-state index contributed by atoms with van der Waals surface area (Å²) in [6.45, 7) is 0.663. The molecule has 0 saturated carbocycles. The number of nitrogens with two attached hydrogens (primary N) is 1. The van der Waals surface area contributed by atoms with Crippen molar-refractivity contribution in [1.82, 2.24) is 0 Å². The molecule has 20 heavy (non-hydrogen) atoms. The van der Waals surface area contributed by atoms with Gasteiger partial charge in [0.05, 0.1) is 0 Å². The van der Waals surface area contributed by atoms with Gasteiger partial charge in [-0.05, 0) is 42.3 Å². The molecule has 0 spiro atoms. The monoisotopic (exact) mass is 290 g/mol. The maximum atomic E-state index is 13.7. The molecule has 0 atom stereocenters. The van der Waals surface area contributed by atoms with Crippen LogP contribution in [0, 0.1) is 5.82 Å². The first-order valence-electron chi connectivity index (χ1n) is 6.17. The highest BCUT2D eigenvalue weighted by Gasteiger charge is 2.05. The fraction of sp³-hybridized carbons (Fsp3) is 0.133. The lowest BCUT2D eigenvalue weighted by Gasteiger charge is -2.08. The molecule has 0 radical (unpaired) electrons. The summed E-state index contributed by atoms with van der Waals surface area (Å²) >= 11 is 4.75. The lowest BCUT2D eigenvalue weighted by Crippen LogP contribution is -2.12. The van der Waals surface area contributed by atoms with Gasteiger partial charge < -0.3 is 16.2 Å². The van der Waals surface area contributed by atoms with E-state index in [1.165, 1.54) is 6.07 Å². The first-order valence-corrected chi connectivity index (χ1v) is 6.58. The third-order valence-electron chi connectivity index (χ3n) is 2.91. The van der Waals surface area contributed by atoms with Gasteiger partial charge in [0.1, 0.15) is 16.6 Å². The van der Waals surface area contributed by atoms with E-state index in [0.717, 1.165) is 12.0 Å². The summed E-state index contributed by atoms with van der Waals surface area (Å²) in [6, 6.07) is 11.7. The smallest absolute Gasteiger partial charge is 0.135 e. The number of halogens is 1. The molecule has 0 unspecified atom stereocenters. The SMILES string of the molecule is NC(=S)c1ccc(NCCc2ccc(O)cc2)cc1F. The number of nitrogens with one attached hydrogen (secondary N) is 1. The summed E-state index contributed by atoms with van der Waals surface area (Å²) in [5.74, 6) is -0.177. The Hall–Kier alpha value is -2.14. The summed E-state index contributed by atoms with van der Waals surface area (Å²) in [7, 11) is 0. The van der Waals surface area contributed by atoms with E-state index in [1.54, 1.807) is 24.3 Å². The number of hydrogen-bond acceptors (Lipinski definition) is 3. The zero-order valence-corrected chi connectivity index (χ0v) is 11.6. The minimum atomic E-state index is -0.424. The van der Waals surface area contributed by atoms with E-state index in [2.05, 4.69) is 5.32 Å². The van der Waals surface area contributed by atoms with Gasteiger partial charge in [0.2, 0.25) is 0 Å². The quantitative estimate of drug-likeness (QED) is 0.741. The third kappa shape index (κ3) is 3.68.